The van der Waals surface area contributed by atoms with Crippen LogP contribution in [0.4, 0.5) is 13.2 Å². The van der Waals surface area contributed by atoms with Gasteiger partial charge in [0.25, 0.3) is 0 Å². The predicted octanol–water partition coefficient (Wildman–Crippen LogP) is 2.69. The number of aromatic nitrogens is 2. The standard InChI is InChI=1S/C14H18F3N2.CH4O4S/c1-4-5-8-19-11-7-6-10(2)9-12(11)18(3)13(19)14(15,16)17;1-5-6(2,3)4/h6-7,9H,4-5,8H2,1-3H3;1H3,(H,2,3,4)/q+1;/p-1. The number of hydrogen-bond donors (Lipinski definition) is 0. The highest BCUT2D eigenvalue weighted by molar-refractivity contribution is 7.80. The molecule has 0 fully saturated rings. The molecule has 0 bridgehead atoms. The number of rotatable bonds is 4. The van der Waals surface area contributed by atoms with E-state index in [-0.39, 0.29) is 0 Å². The molecule has 142 valence electrons. The Bertz CT molecular complexity index is 829. The van der Waals surface area contributed by atoms with Gasteiger partial charge in [-0.1, -0.05) is 19.4 Å². The largest absolute Gasteiger partial charge is 0.726 e. The second-order valence-electron chi connectivity index (χ2n) is 5.45. The van der Waals surface area contributed by atoms with Crippen LogP contribution in [0.5, 0.6) is 0 Å². The SMILES string of the molecule is CCCC[n+]1c(C(F)(F)F)n(C)c2cc(C)ccc21.COS(=O)(=O)[O-]. The van der Waals surface area contributed by atoms with Crippen molar-refractivity contribution in [1.29, 1.82) is 0 Å². The molecular formula is C15H21F3N2O4S. The zero-order valence-corrected chi connectivity index (χ0v) is 15.2. The van der Waals surface area contributed by atoms with Crippen LogP contribution in [0.2, 0.25) is 0 Å². The minimum atomic E-state index is -4.41. The van der Waals surface area contributed by atoms with Gasteiger partial charge in [-0.3, -0.25) is 4.18 Å². The summed E-state index contributed by atoms with van der Waals surface area (Å²) in [6, 6.07) is 5.42. The topological polar surface area (TPSA) is 75.2 Å². The van der Waals surface area contributed by atoms with E-state index in [1.165, 1.54) is 16.2 Å². The number of unbranched alkanes of at least 4 members (excludes halogenated alkanes) is 1. The van der Waals surface area contributed by atoms with E-state index in [9.17, 15) is 26.1 Å². The van der Waals surface area contributed by atoms with Crippen LogP contribution in [0.25, 0.3) is 11.0 Å². The van der Waals surface area contributed by atoms with Gasteiger partial charge in [0.15, 0.2) is 11.0 Å². The highest BCUT2D eigenvalue weighted by atomic mass is 32.3. The molecule has 0 radical (unpaired) electrons. The zero-order valence-electron chi connectivity index (χ0n) is 14.4. The minimum absolute atomic E-state index is 0.395. The van der Waals surface area contributed by atoms with Gasteiger partial charge < -0.3 is 4.55 Å². The van der Waals surface area contributed by atoms with Crippen LogP contribution in [-0.4, -0.2) is 24.6 Å². The summed E-state index contributed by atoms with van der Waals surface area (Å²) in [7, 11) is -2.12. The van der Waals surface area contributed by atoms with Crippen molar-refractivity contribution in [3.05, 3.63) is 29.6 Å². The van der Waals surface area contributed by atoms with E-state index >= 15 is 0 Å². The fourth-order valence-electron chi connectivity index (χ4n) is 2.43. The number of benzene rings is 1. The third-order valence-electron chi connectivity index (χ3n) is 3.55. The smallest absolute Gasteiger partial charge is 0.495 e. The van der Waals surface area contributed by atoms with Gasteiger partial charge >= 0.3 is 12.0 Å². The van der Waals surface area contributed by atoms with Crippen molar-refractivity contribution in [2.24, 2.45) is 7.05 Å². The fraction of sp³-hybridized carbons (Fsp3) is 0.533. The molecule has 1 aromatic carbocycles. The van der Waals surface area contributed by atoms with E-state index in [1.807, 2.05) is 19.9 Å². The Hall–Kier alpha value is -1.65. The molecule has 0 spiro atoms. The third kappa shape index (κ3) is 5.68. The monoisotopic (exact) mass is 382 g/mol. The van der Waals surface area contributed by atoms with Crippen LogP contribution >= 0.6 is 0 Å². The lowest BCUT2D eigenvalue weighted by Crippen LogP contribution is -2.42. The Morgan fingerprint density at radius 2 is 1.88 bits per heavy atom. The molecule has 1 heterocycles. The Kier molecular flexibility index (Phi) is 6.98. The van der Waals surface area contributed by atoms with E-state index < -0.39 is 22.4 Å². The zero-order chi connectivity index (χ0) is 19.4. The molecule has 0 atom stereocenters. The molecule has 0 N–H and O–H groups in total. The average Bonchev–Trinajstić information content (AvgIpc) is 2.77. The van der Waals surface area contributed by atoms with Gasteiger partial charge in [-0.15, -0.1) is 0 Å². The highest BCUT2D eigenvalue weighted by Gasteiger charge is 2.46. The molecule has 0 saturated heterocycles. The van der Waals surface area contributed by atoms with Crippen LogP contribution in [0, 0.1) is 6.92 Å². The average molecular weight is 382 g/mol. The Morgan fingerprint density at radius 3 is 2.32 bits per heavy atom. The maximum Gasteiger partial charge on any atom is 0.495 e. The molecule has 2 aromatic rings. The van der Waals surface area contributed by atoms with Crippen molar-refractivity contribution >= 4 is 21.4 Å². The Balaban J connectivity index is 0.000000450. The molecule has 6 nitrogen and oxygen atoms in total. The molecule has 1 aromatic heterocycles. The van der Waals surface area contributed by atoms with E-state index in [4.69, 9.17) is 0 Å². The second-order valence-corrected chi connectivity index (χ2v) is 6.60. The number of fused-ring (bicyclic) bond motifs is 1. The van der Waals surface area contributed by atoms with Crippen molar-refractivity contribution in [1.82, 2.24) is 4.57 Å². The van der Waals surface area contributed by atoms with E-state index in [0.29, 0.717) is 17.6 Å². The first-order valence-electron chi connectivity index (χ1n) is 7.49. The second kappa shape index (κ2) is 8.15. The lowest BCUT2D eigenvalue weighted by Gasteiger charge is -2.05. The van der Waals surface area contributed by atoms with Crippen LogP contribution < -0.4 is 4.57 Å². The fourth-order valence-corrected chi connectivity index (χ4v) is 2.43. The van der Waals surface area contributed by atoms with Gasteiger partial charge in [-0.25, -0.2) is 17.6 Å². The molecule has 0 unspecified atom stereocenters. The number of imidazole rings is 1. The summed E-state index contributed by atoms with van der Waals surface area (Å²) < 4.78 is 73.4. The van der Waals surface area contributed by atoms with Crippen molar-refractivity contribution in [2.45, 2.75) is 39.4 Å². The molecule has 10 heteroatoms. The first-order valence-corrected chi connectivity index (χ1v) is 8.83. The van der Waals surface area contributed by atoms with Gasteiger partial charge in [-0.05, 0) is 31.0 Å². The lowest BCUT2D eigenvalue weighted by atomic mass is 10.2. The molecule has 0 aliphatic carbocycles. The Morgan fingerprint density at radius 1 is 1.32 bits per heavy atom. The van der Waals surface area contributed by atoms with Gasteiger partial charge in [0.05, 0.1) is 20.7 Å². The Labute approximate surface area is 144 Å². The number of halogens is 3. The highest BCUT2D eigenvalue weighted by Crippen LogP contribution is 2.30. The first kappa shape index (κ1) is 21.4. The van der Waals surface area contributed by atoms with Crippen LogP contribution in [0.15, 0.2) is 18.2 Å². The lowest BCUT2D eigenvalue weighted by molar-refractivity contribution is -0.692. The number of hydrogen-bond acceptors (Lipinski definition) is 4. The summed E-state index contributed by atoms with van der Waals surface area (Å²) in [4.78, 5) is 0. The molecule has 0 saturated carbocycles. The first-order chi connectivity index (χ1) is 11.4. The van der Waals surface area contributed by atoms with Crippen molar-refractivity contribution in [3.63, 3.8) is 0 Å². The molecule has 0 aliphatic heterocycles. The van der Waals surface area contributed by atoms with Gasteiger partial charge in [-0.2, -0.15) is 13.2 Å². The third-order valence-corrected chi connectivity index (χ3v) is 3.96. The van der Waals surface area contributed by atoms with Crippen LogP contribution in [0.1, 0.15) is 31.2 Å². The normalized spacial score (nSPS) is 12.2. The van der Waals surface area contributed by atoms with Gasteiger partial charge in [0.1, 0.15) is 0 Å². The summed E-state index contributed by atoms with van der Waals surface area (Å²) in [5.74, 6) is -0.582. The molecule has 25 heavy (non-hydrogen) atoms. The van der Waals surface area contributed by atoms with Crippen molar-refractivity contribution < 1.29 is 34.9 Å². The van der Waals surface area contributed by atoms with Crippen LogP contribution in [-0.2, 0) is 34.4 Å². The van der Waals surface area contributed by atoms with Crippen LogP contribution in [0.3, 0.4) is 0 Å². The predicted molar refractivity (Wildman–Crippen MR) is 84.5 cm³/mol. The quantitative estimate of drug-likeness (QED) is 0.463. The van der Waals surface area contributed by atoms with Crippen molar-refractivity contribution in [3.8, 4) is 0 Å². The number of aryl methyl sites for hydroxylation is 3. The maximum atomic E-state index is 13.2. The maximum absolute atomic E-state index is 13.2. The van der Waals surface area contributed by atoms with E-state index in [2.05, 4.69) is 4.18 Å². The molecule has 0 aliphatic rings. The molecular weight excluding hydrogens is 361 g/mol. The summed E-state index contributed by atoms with van der Waals surface area (Å²) in [5, 5.41) is 0. The van der Waals surface area contributed by atoms with Gasteiger partial charge in [0.2, 0.25) is 10.4 Å². The molecule has 2 rings (SSSR count). The van der Waals surface area contributed by atoms with Crippen molar-refractivity contribution in [2.75, 3.05) is 7.11 Å². The summed E-state index contributed by atoms with van der Waals surface area (Å²) in [5.41, 5.74) is 2.24. The summed E-state index contributed by atoms with van der Waals surface area (Å²) in [6.45, 7) is 4.25. The van der Waals surface area contributed by atoms with E-state index in [1.54, 1.807) is 12.1 Å². The van der Waals surface area contributed by atoms with Gasteiger partial charge in [0, 0.05) is 0 Å². The number of alkyl halides is 3. The van der Waals surface area contributed by atoms with E-state index in [0.717, 1.165) is 25.5 Å². The summed E-state index contributed by atoms with van der Waals surface area (Å²) >= 11 is 0. The molecule has 0 amide bonds. The summed E-state index contributed by atoms with van der Waals surface area (Å²) in [6.07, 6.45) is -2.73. The minimum Gasteiger partial charge on any atom is -0.726 e. The number of nitrogens with zero attached hydrogens (tertiary/aromatic N) is 2.